The minimum absolute atomic E-state index is 0.0845. The Hall–Kier alpha value is -0.680. The zero-order chi connectivity index (χ0) is 8.43. The fraction of sp³-hybridized carbons (Fsp3) is 0. The number of carbonyl (C=O) groups is 1. The molecule has 0 radical (unpaired) electrons. The van der Waals surface area contributed by atoms with E-state index in [-0.39, 0.29) is 10.8 Å². The average Bonchev–Trinajstić information content (AvgIpc) is 1.94. The predicted molar refractivity (Wildman–Crippen MR) is 43.3 cm³/mol. The van der Waals surface area contributed by atoms with E-state index in [0.29, 0.717) is 4.60 Å². The summed E-state index contributed by atoms with van der Waals surface area (Å²) in [4.78, 5) is 17.9. The summed E-state index contributed by atoms with van der Waals surface area (Å²) in [5.41, 5.74) is 5.01. The Bertz CT molecular complexity index is 304. The zero-order valence-electron chi connectivity index (χ0n) is 5.21. The number of primary amides is 1. The summed E-state index contributed by atoms with van der Waals surface area (Å²) in [7, 11) is 0. The molecule has 0 bridgehead atoms. The largest absolute Gasteiger partial charge is 0.364 e. The Balaban J connectivity index is 3.15. The Morgan fingerprint density at radius 3 is 2.82 bits per heavy atom. The van der Waals surface area contributed by atoms with Crippen LogP contribution >= 0.6 is 27.5 Å². The summed E-state index contributed by atoms with van der Waals surface area (Å²) >= 11 is 8.51. The Morgan fingerprint density at radius 1 is 1.73 bits per heavy atom. The van der Waals surface area contributed by atoms with Gasteiger partial charge in [0.25, 0.3) is 5.91 Å². The molecule has 1 amide bonds. The van der Waals surface area contributed by atoms with Gasteiger partial charge in [0.2, 0.25) is 0 Å². The molecule has 0 aliphatic heterocycles. The van der Waals surface area contributed by atoms with E-state index in [1.165, 1.54) is 6.20 Å². The van der Waals surface area contributed by atoms with E-state index in [1.807, 2.05) is 0 Å². The van der Waals surface area contributed by atoms with Gasteiger partial charge in [0, 0.05) is 0 Å². The molecule has 0 saturated carbocycles. The van der Waals surface area contributed by atoms with E-state index >= 15 is 0 Å². The van der Waals surface area contributed by atoms with E-state index in [9.17, 15) is 4.79 Å². The van der Waals surface area contributed by atoms with Gasteiger partial charge in [-0.3, -0.25) is 4.79 Å². The quantitative estimate of drug-likeness (QED) is 0.790. The van der Waals surface area contributed by atoms with Crippen molar-refractivity contribution >= 4 is 33.4 Å². The standard InChI is InChI=1S/C5H3BrClN3O/c6-3-4(7)9-1-2(10-3)5(8)11/h1H,(H2,8,11). The van der Waals surface area contributed by atoms with Crippen molar-refractivity contribution in [2.45, 2.75) is 0 Å². The minimum atomic E-state index is -0.630. The van der Waals surface area contributed by atoms with Crippen molar-refractivity contribution in [3.63, 3.8) is 0 Å². The monoisotopic (exact) mass is 235 g/mol. The molecule has 2 N–H and O–H groups in total. The van der Waals surface area contributed by atoms with Crippen LogP contribution in [0.5, 0.6) is 0 Å². The molecule has 1 aromatic rings. The lowest BCUT2D eigenvalue weighted by atomic mass is 10.4. The van der Waals surface area contributed by atoms with Crippen LogP contribution in [0.2, 0.25) is 5.15 Å². The molecule has 0 fully saturated rings. The van der Waals surface area contributed by atoms with Crippen molar-refractivity contribution in [1.29, 1.82) is 0 Å². The lowest BCUT2D eigenvalue weighted by Crippen LogP contribution is -2.13. The highest BCUT2D eigenvalue weighted by Crippen LogP contribution is 2.16. The van der Waals surface area contributed by atoms with Gasteiger partial charge in [0.1, 0.15) is 10.3 Å². The third kappa shape index (κ3) is 1.87. The van der Waals surface area contributed by atoms with E-state index in [4.69, 9.17) is 17.3 Å². The van der Waals surface area contributed by atoms with Crippen LogP contribution in [-0.2, 0) is 0 Å². The smallest absolute Gasteiger partial charge is 0.268 e. The lowest BCUT2D eigenvalue weighted by Gasteiger charge is -1.95. The maximum Gasteiger partial charge on any atom is 0.268 e. The molecule has 1 rings (SSSR count). The topological polar surface area (TPSA) is 68.9 Å². The van der Waals surface area contributed by atoms with Crippen LogP contribution < -0.4 is 5.73 Å². The van der Waals surface area contributed by atoms with Gasteiger partial charge in [-0.2, -0.15) is 0 Å². The minimum Gasteiger partial charge on any atom is -0.364 e. The van der Waals surface area contributed by atoms with Crippen molar-refractivity contribution in [2.75, 3.05) is 0 Å². The molecule has 0 atom stereocenters. The van der Waals surface area contributed by atoms with Crippen LogP contribution in [-0.4, -0.2) is 15.9 Å². The van der Waals surface area contributed by atoms with Gasteiger partial charge in [-0.25, -0.2) is 9.97 Å². The van der Waals surface area contributed by atoms with Gasteiger partial charge in [-0.15, -0.1) is 0 Å². The SMILES string of the molecule is NC(=O)c1cnc(Cl)c(Br)n1. The number of hydrogen-bond donors (Lipinski definition) is 1. The Labute approximate surface area is 75.9 Å². The van der Waals surface area contributed by atoms with Crippen molar-refractivity contribution < 1.29 is 4.79 Å². The van der Waals surface area contributed by atoms with Crippen LogP contribution in [0.3, 0.4) is 0 Å². The number of carbonyl (C=O) groups excluding carboxylic acids is 1. The molecule has 0 unspecified atom stereocenters. The molecular weight excluding hydrogens is 233 g/mol. The summed E-state index contributed by atoms with van der Waals surface area (Å²) < 4.78 is 0.315. The normalized spacial score (nSPS) is 9.64. The maximum atomic E-state index is 10.5. The fourth-order valence-electron chi connectivity index (χ4n) is 0.471. The number of nitrogens with zero attached hydrogens (tertiary/aromatic N) is 2. The second-order valence-electron chi connectivity index (χ2n) is 1.70. The molecule has 0 aliphatic rings. The summed E-state index contributed by atoms with van der Waals surface area (Å²) in [6.45, 7) is 0. The van der Waals surface area contributed by atoms with Crippen LogP contribution in [0.1, 0.15) is 10.5 Å². The second kappa shape index (κ2) is 3.15. The van der Waals surface area contributed by atoms with E-state index in [2.05, 4.69) is 25.9 Å². The highest BCUT2D eigenvalue weighted by molar-refractivity contribution is 9.10. The van der Waals surface area contributed by atoms with E-state index in [0.717, 1.165) is 0 Å². The number of amides is 1. The van der Waals surface area contributed by atoms with Gasteiger partial charge in [0.05, 0.1) is 6.20 Å². The summed E-state index contributed by atoms with van der Waals surface area (Å²) in [5.74, 6) is -0.630. The average molecular weight is 236 g/mol. The summed E-state index contributed by atoms with van der Waals surface area (Å²) in [5, 5.41) is 0.204. The summed E-state index contributed by atoms with van der Waals surface area (Å²) in [6, 6.07) is 0. The van der Waals surface area contributed by atoms with Gasteiger partial charge < -0.3 is 5.73 Å². The first-order valence-electron chi connectivity index (χ1n) is 2.59. The van der Waals surface area contributed by atoms with Crippen LogP contribution in [0, 0.1) is 0 Å². The fourth-order valence-corrected chi connectivity index (χ4v) is 0.855. The summed E-state index contributed by atoms with van der Waals surface area (Å²) in [6.07, 6.45) is 1.22. The maximum absolute atomic E-state index is 10.5. The van der Waals surface area contributed by atoms with Crippen molar-refractivity contribution in [3.05, 3.63) is 21.6 Å². The Kier molecular flexibility index (Phi) is 2.41. The van der Waals surface area contributed by atoms with Gasteiger partial charge in [0.15, 0.2) is 5.15 Å². The number of halogens is 2. The third-order valence-electron chi connectivity index (χ3n) is 0.941. The number of hydrogen-bond acceptors (Lipinski definition) is 3. The number of aromatic nitrogens is 2. The number of nitrogens with two attached hydrogens (primary N) is 1. The molecule has 1 aromatic heterocycles. The molecule has 0 aromatic carbocycles. The Morgan fingerprint density at radius 2 is 2.36 bits per heavy atom. The molecule has 11 heavy (non-hydrogen) atoms. The number of rotatable bonds is 1. The molecule has 4 nitrogen and oxygen atoms in total. The molecule has 0 aliphatic carbocycles. The molecular formula is C5H3BrClN3O. The van der Waals surface area contributed by atoms with Crippen LogP contribution in [0.15, 0.2) is 10.8 Å². The van der Waals surface area contributed by atoms with Crippen molar-refractivity contribution in [2.24, 2.45) is 5.73 Å². The van der Waals surface area contributed by atoms with Gasteiger partial charge >= 0.3 is 0 Å². The molecule has 0 spiro atoms. The van der Waals surface area contributed by atoms with Gasteiger partial charge in [-0.1, -0.05) is 11.6 Å². The first kappa shape index (κ1) is 8.42. The van der Waals surface area contributed by atoms with E-state index in [1.54, 1.807) is 0 Å². The van der Waals surface area contributed by atoms with Crippen LogP contribution in [0.4, 0.5) is 0 Å². The molecule has 6 heteroatoms. The second-order valence-corrected chi connectivity index (χ2v) is 2.81. The third-order valence-corrected chi connectivity index (χ3v) is 2.00. The highest BCUT2D eigenvalue weighted by Gasteiger charge is 2.05. The molecule has 0 saturated heterocycles. The van der Waals surface area contributed by atoms with Gasteiger partial charge in [-0.05, 0) is 15.9 Å². The van der Waals surface area contributed by atoms with Crippen molar-refractivity contribution in [3.8, 4) is 0 Å². The van der Waals surface area contributed by atoms with Crippen LogP contribution in [0.25, 0.3) is 0 Å². The molecule has 58 valence electrons. The lowest BCUT2D eigenvalue weighted by molar-refractivity contribution is 0.0995. The highest BCUT2D eigenvalue weighted by atomic mass is 79.9. The molecule has 1 heterocycles. The first-order chi connectivity index (χ1) is 5.11. The van der Waals surface area contributed by atoms with E-state index < -0.39 is 5.91 Å². The first-order valence-corrected chi connectivity index (χ1v) is 3.76. The van der Waals surface area contributed by atoms with Crippen molar-refractivity contribution in [1.82, 2.24) is 9.97 Å². The zero-order valence-corrected chi connectivity index (χ0v) is 7.56. The predicted octanol–water partition coefficient (Wildman–Crippen LogP) is 0.991.